The number of nitrogens with one attached hydrogen (secondary N) is 4. The van der Waals surface area contributed by atoms with E-state index in [1.807, 2.05) is 45.3 Å². The Labute approximate surface area is 609 Å². The van der Waals surface area contributed by atoms with Crippen molar-refractivity contribution in [1.29, 1.82) is 0 Å². The van der Waals surface area contributed by atoms with E-state index in [2.05, 4.69) is 245 Å². The van der Waals surface area contributed by atoms with Crippen molar-refractivity contribution in [2.75, 3.05) is 64.2 Å². The van der Waals surface area contributed by atoms with E-state index in [-0.39, 0.29) is 86.5 Å². The van der Waals surface area contributed by atoms with E-state index in [1.165, 1.54) is 12.0 Å². The van der Waals surface area contributed by atoms with Crippen LogP contribution < -0.4 is 40.4 Å². The summed E-state index contributed by atoms with van der Waals surface area (Å²) >= 11 is 0. The SMILES string of the molecule is CC(C)(C)CCCC(F)(F)CCOC(C)(C)C.CC(C)(C)COCCOC1CC(OCCNC(C)(C)C)C1.CC(C)(C)COc1ccc(OC2CC(NC(C)(C)C)C2)nc1.CC(C)(C)NC1CC(Oc2cnc(C(C)(C)C)cn2)C1.CC(C)(C)NC1CCN(c2cc(C(C)(C)C)ccn2)C1. The number of halogens is 2. The molecule has 0 radical (unpaired) electrons. The zero-order chi connectivity index (χ0) is 76.0. The molecule has 7 rings (SSSR count). The highest BCUT2D eigenvalue weighted by atomic mass is 19.3. The summed E-state index contributed by atoms with van der Waals surface area (Å²) in [4.78, 5) is 20.1. The Kier molecular flexibility index (Phi) is 35.2. The minimum absolute atomic E-state index is 0.0300. The highest BCUT2D eigenvalue weighted by Crippen LogP contribution is 2.33. The quantitative estimate of drug-likeness (QED) is 0.0591. The van der Waals surface area contributed by atoms with E-state index in [4.69, 9.17) is 33.2 Å². The molecule has 4 N–H and O–H groups in total. The lowest BCUT2D eigenvalue weighted by molar-refractivity contribution is -0.110. The number of pyridine rings is 2. The first-order valence-electron chi connectivity index (χ1n) is 37.8. The summed E-state index contributed by atoms with van der Waals surface area (Å²) in [6, 6.07) is 9.88. The minimum Gasteiger partial charge on any atom is -0.491 e. The third kappa shape index (κ3) is 43.4. The van der Waals surface area contributed by atoms with E-state index in [9.17, 15) is 8.78 Å². The number of aromatic nitrogens is 4. The molecule has 3 aromatic heterocycles. The molecule has 3 saturated carbocycles. The van der Waals surface area contributed by atoms with Gasteiger partial charge >= 0.3 is 0 Å². The van der Waals surface area contributed by atoms with Crippen LogP contribution >= 0.6 is 0 Å². The molecule has 0 amide bonds. The van der Waals surface area contributed by atoms with Gasteiger partial charge in [0.05, 0.1) is 81.7 Å². The lowest BCUT2D eigenvalue weighted by Crippen LogP contribution is -2.53. The van der Waals surface area contributed by atoms with E-state index < -0.39 is 5.92 Å². The van der Waals surface area contributed by atoms with Crippen LogP contribution in [0.5, 0.6) is 17.5 Å². The first kappa shape index (κ1) is 90.3. The molecule has 1 atom stereocenters. The normalized spacial score (nSPS) is 20.9. The van der Waals surface area contributed by atoms with Gasteiger partial charge in [-0.3, -0.25) is 4.98 Å². The van der Waals surface area contributed by atoms with Crippen LogP contribution in [0.4, 0.5) is 14.6 Å². The summed E-state index contributed by atoms with van der Waals surface area (Å²) in [5.74, 6) is 0.648. The highest BCUT2D eigenvalue weighted by molar-refractivity contribution is 5.44. The molecule has 18 heteroatoms. The number of rotatable bonds is 25. The number of ether oxygens (including phenoxy) is 7. The molecular weight excluding hydrogens is 1260 g/mol. The zero-order valence-corrected chi connectivity index (χ0v) is 69.2. The summed E-state index contributed by atoms with van der Waals surface area (Å²) in [6.45, 7) is 71.2. The summed E-state index contributed by atoms with van der Waals surface area (Å²) < 4.78 is 66.9. The van der Waals surface area contributed by atoms with Crippen molar-refractivity contribution in [3.8, 4) is 17.5 Å². The second kappa shape index (κ2) is 38.9. The zero-order valence-electron chi connectivity index (χ0n) is 69.2. The third-order valence-corrected chi connectivity index (χ3v) is 16.3. The van der Waals surface area contributed by atoms with Gasteiger partial charge in [0.25, 0.3) is 0 Å². The average Bonchev–Trinajstić information content (AvgIpc) is 1.05. The fraction of sp³-hybridized carbons (Fsp3) is 0.829. The summed E-state index contributed by atoms with van der Waals surface area (Å²) in [5, 5.41) is 14.3. The Bertz CT molecular complexity index is 2680. The Morgan fingerprint density at radius 3 is 1.47 bits per heavy atom. The molecule has 4 aliphatic rings. The van der Waals surface area contributed by atoms with Gasteiger partial charge in [-0.25, -0.2) is 23.7 Å². The van der Waals surface area contributed by atoms with Crippen molar-refractivity contribution in [2.45, 2.75) is 365 Å². The lowest BCUT2D eigenvalue weighted by atomic mass is 9.87. The van der Waals surface area contributed by atoms with E-state index in [0.717, 1.165) is 95.1 Å². The fourth-order valence-electron chi connectivity index (χ4n) is 11.1. The van der Waals surface area contributed by atoms with E-state index >= 15 is 0 Å². The Balaban J connectivity index is 0.000000326. The van der Waals surface area contributed by atoms with Gasteiger partial charge in [-0.2, -0.15) is 0 Å². The number of anilines is 1. The number of hydrogen-bond acceptors (Lipinski definition) is 16. The number of nitrogens with zero attached hydrogens (tertiary/aromatic N) is 5. The largest absolute Gasteiger partial charge is 0.491 e. The van der Waals surface area contributed by atoms with Gasteiger partial charge < -0.3 is 59.3 Å². The van der Waals surface area contributed by atoms with E-state index in [1.54, 1.807) is 12.4 Å². The standard InChI is InChI=1S/C18H30N2O2.C17H29N3.C17H35NO3.C16H27N3O.C14H28F2O/c1-17(2,3)12-21-14-7-8-16(19-11-14)22-15-9-13(10-15)20-18(4,5)6;1-16(2,3)13-7-9-18-15(11-13)20-10-8-14(12-20)19-17(4,5)6;1-16(2,3)13-19-9-10-21-15-11-14(12-15)20-8-7-18-17(4,5)6;1-15(2,3)13-9-18-14(10-17-13)20-12-7-11(8-12)19-16(4,5)6;1-12(2,3)8-7-9-14(15,16)10-11-17-13(4,5)6/h7-8,11,13,15,20H,9-10,12H2,1-6H3;7,9,11,14,19H,8,10,12H2,1-6H3;14-15,18H,7-13H2,1-6H3;9-12,19H,7-8H2,1-6H3;7-11H2,1-6H3. The van der Waals surface area contributed by atoms with Crippen molar-refractivity contribution in [1.82, 2.24) is 41.2 Å². The first-order chi connectivity index (χ1) is 45.5. The molecule has 3 aliphatic carbocycles. The van der Waals surface area contributed by atoms with Crippen LogP contribution in [0.3, 0.4) is 0 Å². The molecule has 100 heavy (non-hydrogen) atoms. The monoisotopic (exact) mass is 1410 g/mol. The van der Waals surface area contributed by atoms with Crippen molar-refractivity contribution in [2.24, 2.45) is 16.2 Å². The van der Waals surface area contributed by atoms with Crippen molar-refractivity contribution in [3.05, 3.63) is 60.3 Å². The van der Waals surface area contributed by atoms with Crippen LogP contribution in [0.25, 0.3) is 0 Å². The number of hydrogen-bond donors (Lipinski definition) is 4. The van der Waals surface area contributed by atoms with Gasteiger partial charge in [-0.15, -0.1) is 0 Å². The molecule has 16 nitrogen and oxygen atoms in total. The molecule has 0 spiro atoms. The summed E-state index contributed by atoms with van der Waals surface area (Å²) in [5.41, 5.74) is 3.43. The van der Waals surface area contributed by atoms with Crippen LogP contribution in [0, 0.1) is 16.2 Å². The van der Waals surface area contributed by atoms with Gasteiger partial charge in [0.2, 0.25) is 17.7 Å². The van der Waals surface area contributed by atoms with Crippen molar-refractivity contribution in [3.63, 3.8) is 0 Å². The van der Waals surface area contributed by atoms with Gasteiger partial charge in [0.1, 0.15) is 23.8 Å². The molecule has 578 valence electrons. The second-order valence-corrected chi connectivity index (χ2v) is 39.5. The van der Waals surface area contributed by atoms with Gasteiger partial charge in [0, 0.05) is 90.4 Å². The maximum absolute atomic E-state index is 13.5. The molecular formula is C82H149F2N9O7. The van der Waals surface area contributed by atoms with Crippen molar-refractivity contribution < 1.29 is 41.9 Å². The summed E-state index contributed by atoms with van der Waals surface area (Å²) in [7, 11) is 0. The maximum Gasteiger partial charge on any atom is 0.250 e. The Morgan fingerprint density at radius 1 is 0.480 bits per heavy atom. The fourth-order valence-corrected chi connectivity index (χ4v) is 11.1. The van der Waals surface area contributed by atoms with Gasteiger partial charge in [0.15, 0.2) is 0 Å². The molecule has 4 heterocycles. The van der Waals surface area contributed by atoms with Gasteiger partial charge in [-0.1, -0.05) is 104 Å². The maximum atomic E-state index is 13.5. The van der Waals surface area contributed by atoms with Crippen LogP contribution in [-0.2, 0) is 29.8 Å². The minimum atomic E-state index is -2.59. The van der Waals surface area contributed by atoms with Crippen LogP contribution in [0.15, 0.2) is 49.1 Å². The lowest BCUT2D eigenvalue weighted by Gasteiger charge is -2.39. The molecule has 0 aromatic carbocycles. The van der Waals surface area contributed by atoms with E-state index in [0.29, 0.717) is 68.3 Å². The molecule has 3 aromatic rings. The predicted octanol–water partition coefficient (Wildman–Crippen LogP) is 18.3. The van der Waals surface area contributed by atoms with Crippen LogP contribution in [0.1, 0.15) is 290 Å². The molecule has 1 saturated heterocycles. The third-order valence-electron chi connectivity index (χ3n) is 16.3. The highest BCUT2D eigenvalue weighted by Gasteiger charge is 2.36. The topological polar surface area (TPSA) is 168 Å². The average molecular weight is 1410 g/mol. The summed E-state index contributed by atoms with van der Waals surface area (Å²) in [6.07, 6.45) is 17.1. The molecule has 0 bridgehead atoms. The Morgan fingerprint density at radius 2 is 1.01 bits per heavy atom. The predicted molar refractivity (Wildman–Crippen MR) is 412 cm³/mol. The first-order valence-corrected chi connectivity index (χ1v) is 37.8. The molecule has 1 aliphatic heterocycles. The second-order valence-electron chi connectivity index (χ2n) is 39.5. The van der Waals surface area contributed by atoms with Crippen molar-refractivity contribution >= 4 is 5.82 Å². The molecule has 1 unspecified atom stereocenters. The molecule has 4 fully saturated rings. The smallest absolute Gasteiger partial charge is 0.250 e. The Hall–Kier alpha value is -3.88. The number of alkyl halides is 2. The van der Waals surface area contributed by atoms with Crippen LogP contribution in [0.2, 0.25) is 0 Å². The van der Waals surface area contributed by atoms with Gasteiger partial charge in [-0.05, 0) is 207 Å². The van der Waals surface area contributed by atoms with Crippen LogP contribution in [-0.4, -0.2) is 155 Å².